The third-order valence-corrected chi connectivity index (χ3v) is 6.80. The van der Waals surface area contributed by atoms with Crippen molar-refractivity contribution in [2.75, 3.05) is 24.5 Å². The summed E-state index contributed by atoms with van der Waals surface area (Å²) >= 11 is 1.46. The van der Waals surface area contributed by atoms with Gasteiger partial charge in [0.1, 0.15) is 10.8 Å². The Morgan fingerprint density at radius 1 is 1.21 bits per heavy atom. The first-order valence-electron chi connectivity index (χ1n) is 11.1. The Kier molecular flexibility index (Phi) is 7.15. The second-order valence-corrected chi connectivity index (χ2v) is 9.20. The summed E-state index contributed by atoms with van der Waals surface area (Å²) in [5.74, 6) is -1.28. The van der Waals surface area contributed by atoms with E-state index in [1.165, 1.54) is 17.4 Å². The number of aromatic nitrogens is 2. The van der Waals surface area contributed by atoms with Crippen molar-refractivity contribution in [3.63, 3.8) is 0 Å². The zero-order chi connectivity index (χ0) is 23.4. The molecule has 0 amide bonds. The maximum atomic E-state index is 14.4. The average Bonchev–Trinajstić information content (AvgIpc) is 3.26. The van der Waals surface area contributed by atoms with Gasteiger partial charge in [-0.1, -0.05) is 67.7 Å². The molecule has 33 heavy (non-hydrogen) atoms. The van der Waals surface area contributed by atoms with E-state index in [0.29, 0.717) is 36.0 Å². The molecule has 8 heteroatoms. The molecule has 2 aromatic carbocycles. The van der Waals surface area contributed by atoms with Crippen LogP contribution in [0.2, 0.25) is 0 Å². The van der Waals surface area contributed by atoms with Gasteiger partial charge in [-0.25, -0.2) is 4.39 Å². The number of carboxylic acid groups (broad SMARTS) is 1. The van der Waals surface area contributed by atoms with Crippen molar-refractivity contribution in [2.45, 2.75) is 26.3 Å². The zero-order valence-corrected chi connectivity index (χ0v) is 19.4. The highest BCUT2D eigenvalue weighted by molar-refractivity contribution is 7.18. The molecule has 0 unspecified atom stereocenters. The smallest absolute Gasteiger partial charge is 0.309 e. The third kappa shape index (κ3) is 5.29. The Balaban J connectivity index is 1.47. The molecule has 1 fully saturated rings. The monoisotopic (exact) mass is 466 g/mol. The summed E-state index contributed by atoms with van der Waals surface area (Å²) in [6.07, 6.45) is 1.93. The van der Waals surface area contributed by atoms with Crippen LogP contribution in [0.4, 0.5) is 9.52 Å². The molecule has 0 bridgehead atoms. The number of carbonyl (C=O) groups is 1. The highest BCUT2D eigenvalue weighted by Crippen LogP contribution is 2.33. The second-order valence-electron chi connectivity index (χ2n) is 8.25. The molecule has 3 aromatic rings. The minimum Gasteiger partial charge on any atom is -0.481 e. The zero-order valence-electron chi connectivity index (χ0n) is 18.6. The van der Waals surface area contributed by atoms with Crippen LogP contribution in [0, 0.1) is 11.7 Å². The van der Waals surface area contributed by atoms with Gasteiger partial charge in [0, 0.05) is 43.0 Å². The molecule has 0 radical (unpaired) electrons. The number of benzene rings is 2. The van der Waals surface area contributed by atoms with Crippen molar-refractivity contribution in [1.82, 2.24) is 15.1 Å². The van der Waals surface area contributed by atoms with E-state index in [4.69, 9.17) is 5.11 Å². The lowest BCUT2D eigenvalue weighted by atomic mass is 9.99. The van der Waals surface area contributed by atoms with E-state index in [-0.39, 0.29) is 11.7 Å². The van der Waals surface area contributed by atoms with Gasteiger partial charge in [-0.05, 0) is 24.1 Å². The Morgan fingerprint density at radius 3 is 2.61 bits per heavy atom. The first-order chi connectivity index (χ1) is 16.0. The molecule has 0 atom stereocenters. The standard InChI is InChI=1S/C25H27FN4O2S/c1-3-4-13-30(17(2)21-7-5-6-8-22(21)26)25-28-27-23(33-25)19-11-9-18(10-12-19)14-29-15-20(16-29)24(31)32/h5-12,20H,2-4,13-16H2,1H3,(H,31,32). The Bertz CT molecular complexity index is 1130. The maximum Gasteiger partial charge on any atom is 0.309 e. The fourth-order valence-corrected chi connectivity index (χ4v) is 4.71. The van der Waals surface area contributed by atoms with Crippen LogP contribution in [0.15, 0.2) is 55.1 Å². The maximum absolute atomic E-state index is 14.4. The molecule has 1 N–H and O–H groups in total. The fourth-order valence-electron chi connectivity index (χ4n) is 3.81. The van der Waals surface area contributed by atoms with Gasteiger partial charge in [-0.15, -0.1) is 10.2 Å². The van der Waals surface area contributed by atoms with Crippen molar-refractivity contribution >= 4 is 28.1 Å². The number of nitrogens with zero attached hydrogens (tertiary/aromatic N) is 4. The molecular weight excluding hydrogens is 439 g/mol. The predicted molar refractivity (Wildman–Crippen MR) is 129 cm³/mol. The molecule has 2 heterocycles. The molecule has 1 aliphatic rings. The summed E-state index contributed by atoms with van der Waals surface area (Å²) in [5.41, 5.74) is 3.13. The molecule has 0 spiro atoms. The highest BCUT2D eigenvalue weighted by Gasteiger charge is 2.32. The highest BCUT2D eigenvalue weighted by atomic mass is 32.1. The number of aliphatic carboxylic acids is 1. The summed E-state index contributed by atoms with van der Waals surface area (Å²) < 4.78 is 14.4. The van der Waals surface area contributed by atoms with Gasteiger partial charge in [0.05, 0.1) is 5.92 Å². The summed E-state index contributed by atoms with van der Waals surface area (Å²) in [4.78, 5) is 15.0. The number of halogens is 1. The quantitative estimate of drug-likeness (QED) is 0.446. The van der Waals surface area contributed by atoms with Gasteiger partial charge in [0.2, 0.25) is 5.13 Å². The molecule has 4 rings (SSSR count). The van der Waals surface area contributed by atoms with E-state index < -0.39 is 5.97 Å². The lowest BCUT2D eigenvalue weighted by Gasteiger charge is -2.36. The van der Waals surface area contributed by atoms with Crippen molar-refractivity contribution in [3.8, 4) is 10.6 Å². The number of unbranched alkanes of at least 4 members (excludes halogenated alkanes) is 1. The van der Waals surface area contributed by atoms with Crippen LogP contribution in [0.5, 0.6) is 0 Å². The topological polar surface area (TPSA) is 69.6 Å². The Labute approximate surface area is 197 Å². The van der Waals surface area contributed by atoms with Crippen LogP contribution >= 0.6 is 11.3 Å². The number of hydrogen-bond donors (Lipinski definition) is 1. The largest absolute Gasteiger partial charge is 0.481 e. The van der Waals surface area contributed by atoms with Gasteiger partial charge >= 0.3 is 5.97 Å². The van der Waals surface area contributed by atoms with Crippen molar-refractivity contribution in [2.24, 2.45) is 5.92 Å². The lowest BCUT2D eigenvalue weighted by Crippen LogP contribution is -2.49. The van der Waals surface area contributed by atoms with Crippen LogP contribution in [-0.4, -0.2) is 45.8 Å². The van der Waals surface area contributed by atoms with Gasteiger partial charge in [0.25, 0.3) is 0 Å². The first kappa shape index (κ1) is 23.1. The number of anilines is 1. The van der Waals surface area contributed by atoms with Crippen molar-refractivity contribution in [3.05, 3.63) is 72.1 Å². The van der Waals surface area contributed by atoms with Crippen LogP contribution in [0.1, 0.15) is 30.9 Å². The molecule has 172 valence electrons. The summed E-state index contributed by atoms with van der Waals surface area (Å²) in [5, 5.41) is 19.3. The van der Waals surface area contributed by atoms with E-state index in [9.17, 15) is 9.18 Å². The van der Waals surface area contributed by atoms with Crippen LogP contribution in [0.25, 0.3) is 16.3 Å². The molecule has 1 saturated heterocycles. The number of hydrogen-bond acceptors (Lipinski definition) is 6. The molecule has 6 nitrogen and oxygen atoms in total. The van der Waals surface area contributed by atoms with Crippen LogP contribution in [0.3, 0.4) is 0 Å². The molecule has 0 aliphatic carbocycles. The minimum atomic E-state index is -0.723. The van der Waals surface area contributed by atoms with Crippen molar-refractivity contribution < 1.29 is 14.3 Å². The Morgan fingerprint density at radius 2 is 1.94 bits per heavy atom. The van der Waals surface area contributed by atoms with E-state index in [1.54, 1.807) is 18.2 Å². The number of rotatable bonds is 10. The third-order valence-electron chi connectivity index (χ3n) is 5.80. The van der Waals surface area contributed by atoms with E-state index in [0.717, 1.165) is 35.5 Å². The summed E-state index contributed by atoms with van der Waals surface area (Å²) in [6, 6.07) is 14.7. The van der Waals surface area contributed by atoms with Gasteiger partial charge in [-0.3, -0.25) is 9.69 Å². The lowest BCUT2D eigenvalue weighted by molar-refractivity contribution is -0.147. The van der Waals surface area contributed by atoms with E-state index >= 15 is 0 Å². The average molecular weight is 467 g/mol. The van der Waals surface area contributed by atoms with Gasteiger partial charge in [-0.2, -0.15) is 0 Å². The van der Waals surface area contributed by atoms with E-state index in [2.05, 4.69) is 28.6 Å². The number of likely N-dealkylation sites (tertiary alicyclic amines) is 1. The van der Waals surface area contributed by atoms with Crippen LogP contribution in [-0.2, 0) is 11.3 Å². The van der Waals surface area contributed by atoms with Gasteiger partial charge in [0.15, 0.2) is 0 Å². The molecular formula is C25H27FN4O2S. The molecule has 0 saturated carbocycles. The summed E-state index contributed by atoms with van der Waals surface area (Å²) in [6.45, 7) is 8.87. The van der Waals surface area contributed by atoms with Gasteiger partial charge < -0.3 is 10.0 Å². The predicted octanol–water partition coefficient (Wildman–Crippen LogP) is 5.14. The Hall–Kier alpha value is -3.10. The molecule has 1 aliphatic heterocycles. The first-order valence-corrected chi connectivity index (χ1v) is 11.9. The van der Waals surface area contributed by atoms with Crippen LogP contribution < -0.4 is 4.90 Å². The molecule has 1 aromatic heterocycles. The van der Waals surface area contributed by atoms with E-state index in [1.807, 2.05) is 29.2 Å². The summed E-state index contributed by atoms with van der Waals surface area (Å²) in [7, 11) is 0. The fraction of sp³-hybridized carbons (Fsp3) is 0.320. The normalized spacial score (nSPS) is 14.1. The van der Waals surface area contributed by atoms with Crippen molar-refractivity contribution in [1.29, 1.82) is 0 Å². The number of carboxylic acids is 1. The second kappa shape index (κ2) is 10.2. The SMILES string of the molecule is C=C(c1ccccc1F)N(CCCC)c1nnc(-c2ccc(CN3CC(C(=O)O)C3)cc2)s1. The minimum absolute atomic E-state index is 0.251.